The molecule has 0 saturated heterocycles. The molecule has 1 heterocycles. The Labute approximate surface area is 372 Å². The molecule has 0 aromatic heterocycles. The quantitative estimate of drug-likeness (QED) is 0.0910. The highest BCUT2D eigenvalue weighted by Crippen LogP contribution is 2.56. The number of Topliss-reactive ketones (excluding diaryl/α,β-unsaturated/α-hetero) is 1. The fourth-order valence-electron chi connectivity index (χ4n) is 10.8. The molecular formula is C52H35N3O8S2. The molecule has 0 amide bonds. The van der Waals surface area contributed by atoms with Gasteiger partial charge in [0.15, 0.2) is 5.66 Å². The van der Waals surface area contributed by atoms with E-state index in [4.69, 9.17) is 0 Å². The van der Waals surface area contributed by atoms with Crippen molar-refractivity contribution in [2.45, 2.75) is 27.9 Å². The number of anilines is 3. The minimum absolute atomic E-state index is 0.0413. The molecule has 0 unspecified atom stereocenters. The number of ketones is 1. The zero-order valence-electron chi connectivity index (χ0n) is 34.3. The third-order valence-corrected chi connectivity index (χ3v) is 15.4. The maximum Gasteiger partial charge on any atom is 0.295 e. The average Bonchev–Trinajstić information content (AvgIpc) is 3.69. The maximum atomic E-state index is 14.8. The lowest BCUT2D eigenvalue weighted by atomic mass is 9.79. The number of nitrogens with one attached hydrogen (secondary N) is 3. The molecule has 1 aliphatic heterocycles. The Morgan fingerprint density at radius 2 is 1.05 bits per heavy atom. The first kappa shape index (κ1) is 39.1. The summed E-state index contributed by atoms with van der Waals surface area (Å²) in [6.45, 7) is 6.42. The van der Waals surface area contributed by atoms with Crippen LogP contribution >= 0.6 is 0 Å². The summed E-state index contributed by atoms with van der Waals surface area (Å²) in [6.07, 6.45) is 0. The van der Waals surface area contributed by atoms with Crippen LogP contribution in [0.4, 0.5) is 17.1 Å². The number of rotatable bonds is 5. The summed E-state index contributed by atoms with van der Waals surface area (Å²) in [4.78, 5) is 14.1. The van der Waals surface area contributed by atoms with E-state index >= 15 is 0 Å². The standard InChI is InChI=1S/C52H35N3O8S2/c1-27-28(19-20-33-42(64(58,59)60)25-23-40(44(27)33)53-51(2)36-15-7-3-11-29(36)30-12-4-8-16-37(30)51)46-49(56)47(50(46)57)35-22-21-34-43(65(61,62)63)26-24-41-45(34)48(35)55-52(54-41)38-17-9-5-13-31(38)32-14-6-10-18-39(32)52/h3-26,53-56H,1H2,2H3,(H,58,59,60)(H,61,62,63)/b46-28-. The van der Waals surface area contributed by atoms with Crippen molar-refractivity contribution in [3.63, 3.8) is 0 Å². The van der Waals surface area contributed by atoms with Crippen molar-refractivity contribution in [2.75, 3.05) is 16.0 Å². The molecule has 4 aliphatic rings. The van der Waals surface area contributed by atoms with Gasteiger partial charge in [-0.15, -0.1) is 0 Å². The zero-order valence-corrected chi connectivity index (χ0v) is 35.9. The number of aliphatic hydroxyl groups excluding tert-OH is 1. The van der Waals surface area contributed by atoms with Crippen LogP contribution in [0, 0.1) is 0 Å². The van der Waals surface area contributed by atoms with E-state index in [2.05, 4.69) is 22.5 Å². The molecule has 318 valence electrons. The number of benzene rings is 8. The number of carbonyl (C=O) groups excluding carboxylic acids is 1. The van der Waals surface area contributed by atoms with Gasteiger partial charge in [0, 0.05) is 49.6 Å². The van der Waals surface area contributed by atoms with Crippen molar-refractivity contribution in [1.29, 1.82) is 0 Å². The van der Waals surface area contributed by atoms with Gasteiger partial charge < -0.3 is 21.1 Å². The number of allylic oxidation sites excluding steroid dienone is 2. The first-order chi connectivity index (χ1) is 31.1. The molecule has 1 spiro atoms. The fraction of sp³-hybridized carbons (Fsp3) is 0.0577. The van der Waals surface area contributed by atoms with Gasteiger partial charge in [-0.1, -0.05) is 128 Å². The molecule has 6 N–H and O–H groups in total. The van der Waals surface area contributed by atoms with Crippen molar-refractivity contribution in [3.8, 4) is 22.3 Å². The van der Waals surface area contributed by atoms with Crippen LogP contribution in [-0.2, 0) is 36.2 Å². The molecule has 0 bridgehead atoms. The van der Waals surface area contributed by atoms with Crippen molar-refractivity contribution >= 4 is 82.4 Å². The Hall–Kier alpha value is -7.55. The highest BCUT2D eigenvalue weighted by molar-refractivity contribution is 7.86. The minimum atomic E-state index is -4.73. The van der Waals surface area contributed by atoms with Gasteiger partial charge in [-0.3, -0.25) is 13.9 Å². The Morgan fingerprint density at radius 1 is 0.554 bits per heavy atom. The van der Waals surface area contributed by atoms with Crippen LogP contribution in [0.3, 0.4) is 0 Å². The predicted octanol–water partition coefficient (Wildman–Crippen LogP) is 8.67. The number of fused-ring (bicyclic) bond motifs is 9. The van der Waals surface area contributed by atoms with E-state index in [0.717, 1.165) is 44.5 Å². The maximum absolute atomic E-state index is 14.8. The molecule has 8 aromatic carbocycles. The van der Waals surface area contributed by atoms with Gasteiger partial charge in [-0.2, -0.15) is 16.8 Å². The highest BCUT2D eigenvalue weighted by Gasteiger charge is 2.48. The Balaban J connectivity index is 1.08. The molecule has 0 saturated carbocycles. The number of aliphatic hydroxyl groups is 1. The largest absolute Gasteiger partial charge is 0.506 e. The van der Waals surface area contributed by atoms with Crippen molar-refractivity contribution in [2.24, 2.45) is 0 Å². The van der Waals surface area contributed by atoms with Crippen LogP contribution in [0.5, 0.6) is 0 Å². The average molecular weight is 894 g/mol. The first-order valence-corrected chi connectivity index (χ1v) is 23.6. The van der Waals surface area contributed by atoms with E-state index in [0.29, 0.717) is 27.8 Å². The fourth-order valence-corrected chi connectivity index (χ4v) is 12.2. The first-order valence-electron chi connectivity index (χ1n) is 20.7. The Morgan fingerprint density at radius 3 is 1.60 bits per heavy atom. The van der Waals surface area contributed by atoms with Crippen LogP contribution in [0.1, 0.15) is 34.7 Å². The molecule has 0 fully saturated rings. The molecule has 0 radical (unpaired) electrons. The normalized spacial score (nSPS) is 16.9. The van der Waals surface area contributed by atoms with Crippen LogP contribution in [0.2, 0.25) is 0 Å². The molecule has 8 aromatic rings. The Bertz CT molecular complexity index is 3860. The van der Waals surface area contributed by atoms with Gasteiger partial charge in [-0.05, 0) is 75.0 Å². The Kier molecular flexibility index (Phi) is 7.83. The van der Waals surface area contributed by atoms with Gasteiger partial charge in [0.1, 0.15) is 15.6 Å². The van der Waals surface area contributed by atoms with E-state index in [1.54, 1.807) is 18.2 Å². The van der Waals surface area contributed by atoms with E-state index in [1.807, 2.05) is 104 Å². The smallest absolute Gasteiger partial charge is 0.295 e. The van der Waals surface area contributed by atoms with Gasteiger partial charge in [-0.25, -0.2) is 0 Å². The highest BCUT2D eigenvalue weighted by atomic mass is 32.2. The van der Waals surface area contributed by atoms with Crippen LogP contribution in [0.15, 0.2) is 161 Å². The predicted molar refractivity (Wildman–Crippen MR) is 252 cm³/mol. The molecule has 3 aliphatic carbocycles. The second-order valence-corrected chi connectivity index (χ2v) is 19.7. The molecule has 12 rings (SSSR count). The van der Waals surface area contributed by atoms with Crippen molar-refractivity contribution in [1.82, 2.24) is 0 Å². The summed E-state index contributed by atoms with van der Waals surface area (Å²) in [5.74, 6) is -0.891. The van der Waals surface area contributed by atoms with Gasteiger partial charge >= 0.3 is 0 Å². The third kappa shape index (κ3) is 5.20. The topological polar surface area (TPSA) is 182 Å². The summed E-state index contributed by atoms with van der Waals surface area (Å²) in [5.41, 5.74) is 7.39. The van der Waals surface area contributed by atoms with Crippen molar-refractivity contribution < 1.29 is 35.8 Å². The lowest BCUT2D eigenvalue weighted by Crippen LogP contribution is -2.45. The SMILES string of the molecule is C=c1/c(=C2\C(=O)C(c3ccc4c(S(=O)(=O)O)ccc5c4c3NC3(N5)c4ccccc4-c4ccccc43)=C2O)ccc2c(S(=O)(=O)O)ccc(NC3(C)c4ccccc4-c4ccccc43)c12. The van der Waals surface area contributed by atoms with Gasteiger partial charge in [0.05, 0.1) is 22.4 Å². The van der Waals surface area contributed by atoms with Crippen LogP contribution in [0.25, 0.3) is 61.5 Å². The zero-order chi connectivity index (χ0) is 44.9. The summed E-state index contributed by atoms with van der Waals surface area (Å²) in [6, 6.07) is 43.6. The summed E-state index contributed by atoms with van der Waals surface area (Å²) in [5, 5.41) is 24.7. The van der Waals surface area contributed by atoms with Crippen LogP contribution < -0.4 is 26.4 Å². The van der Waals surface area contributed by atoms with Crippen LogP contribution in [-0.4, -0.2) is 36.8 Å². The van der Waals surface area contributed by atoms with E-state index in [-0.39, 0.29) is 53.5 Å². The summed E-state index contributed by atoms with van der Waals surface area (Å²) in [7, 11) is -9.43. The second kappa shape index (κ2) is 13.0. The number of hydrogen-bond donors (Lipinski definition) is 6. The minimum Gasteiger partial charge on any atom is -0.506 e. The van der Waals surface area contributed by atoms with E-state index < -0.39 is 37.2 Å². The summed E-state index contributed by atoms with van der Waals surface area (Å²) >= 11 is 0. The molecule has 65 heavy (non-hydrogen) atoms. The third-order valence-electron chi connectivity index (χ3n) is 13.6. The van der Waals surface area contributed by atoms with E-state index in [1.165, 1.54) is 30.3 Å². The molecule has 11 nitrogen and oxygen atoms in total. The van der Waals surface area contributed by atoms with Gasteiger partial charge in [0.25, 0.3) is 20.2 Å². The number of hydrogen-bond acceptors (Lipinski definition) is 9. The lowest BCUT2D eigenvalue weighted by molar-refractivity contribution is -0.109. The van der Waals surface area contributed by atoms with Gasteiger partial charge in [0.2, 0.25) is 5.78 Å². The van der Waals surface area contributed by atoms with Crippen molar-refractivity contribution in [3.05, 3.63) is 190 Å². The molecule has 13 heteroatoms. The molecular weight excluding hydrogens is 859 g/mol. The lowest BCUT2D eigenvalue weighted by Gasteiger charge is -2.41. The molecule has 0 atom stereocenters. The monoisotopic (exact) mass is 893 g/mol. The second-order valence-electron chi connectivity index (χ2n) is 17.0. The van der Waals surface area contributed by atoms with E-state index in [9.17, 15) is 35.8 Å². The number of carbonyl (C=O) groups is 1. The summed E-state index contributed by atoms with van der Waals surface area (Å²) < 4.78 is 71.9.